The summed E-state index contributed by atoms with van der Waals surface area (Å²) in [4.78, 5) is 5.92. The Morgan fingerprint density at radius 2 is 1.92 bits per heavy atom. The van der Waals surface area contributed by atoms with Crippen molar-refractivity contribution in [2.75, 3.05) is 0 Å². The molecule has 0 amide bonds. The lowest BCUT2D eigenvalue weighted by Gasteiger charge is -2.11. The highest BCUT2D eigenvalue weighted by Crippen LogP contribution is 2.30. The number of rotatable bonds is 1. The van der Waals surface area contributed by atoms with Crippen molar-refractivity contribution in [2.24, 2.45) is 0 Å². The molecule has 0 saturated heterocycles. The first-order chi connectivity index (χ1) is 5.82. The Morgan fingerprint density at radius 1 is 1.38 bits per heavy atom. The van der Waals surface area contributed by atoms with Gasteiger partial charge in [0, 0.05) is 5.69 Å². The smallest absolute Gasteiger partial charge is 0.377 e. The van der Waals surface area contributed by atoms with Gasteiger partial charge >= 0.3 is 6.18 Å². The van der Waals surface area contributed by atoms with Gasteiger partial charge in [0.1, 0.15) is 5.82 Å². The van der Waals surface area contributed by atoms with E-state index in [2.05, 4.69) is 9.97 Å². The van der Waals surface area contributed by atoms with Crippen LogP contribution in [0, 0.1) is 13.8 Å². The predicted octanol–water partition coefficient (Wildman–Crippen LogP) is 1.62. The van der Waals surface area contributed by atoms with E-state index in [1.165, 1.54) is 0 Å². The molecule has 3 nitrogen and oxygen atoms in total. The highest BCUT2D eigenvalue weighted by atomic mass is 19.4. The van der Waals surface area contributed by atoms with Crippen molar-refractivity contribution in [3.05, 3.63) is 17.2 Å². The highest BCUT2D eigenvalue weighted by molar-refractivity contribution is 5.12. The Kier molecular flexibility index (Phi) is 2.34. The third-order valence-corrected chi connectivity index (χ3v) is 1.72. The van der Waals surface area contributed by atoms with Crippen LogP contribution in [0.1, 0.15) is 23.3 Å². The third kappa shape index (κ3) is 2.00. The molecule has 0 bridgehead atoms. The van der Waals surface area contributed by atoms with Crippen LogP contribution in [0.4, 0.5) is 13.2 Å². The van der Waals surface area contributed by atoms with Crippen molar-refractivity contribution in [1.29, 1.82) is 0 Å². The molecule has 2 N–H and O–H groups in total. The van der Waals surface area contributed by atoms with E-state index in [0.29, 0.717) is 11.4 Å². The van der Waals surface area contributed by atoms with Gasteiger partial charge in [0.05, 0.1) is 5.69 Å². The standard InChI is InChI=1S/C7H9F3N2O/c1-3-4(2)12-6(11-3)5(13)7(8,9)10/h5,13H,1-2H3,(H,11,12). The van der Waals surface area contributed by atoms with Crippen molar-refractivity contribution in [1.82, 2.24) is 9.97 Å². The van der Waals surface area contributed by atoms with Gasteiger partial charge in [0.15, 0.2) is 0 Å². The van der Waals surface area contributed by atoms with Crippen LogP contribution >= 0.6 is 0 Å². The van der Waals surface area contributed by atoms with Gasteiger partial charge < -0.3 is 10.1 Å². The number of nitrogens with one attached hydrogen (secondary N) is 1. The molecule has 74 valence electrons. The monoisotopic (exact) mass is 194 g/mol. The Morgan fingerprint density at radius 3 is 2.23 bits per heavy atom. The number of aromatic nitrogens is 2. The van der Waals surface area contributed by atoms with E-state index in [9.17, 15) is 13.2 Å². The molecule has 13 heavy (non-hydrogen) atoms. The Hall–Kier alpha value is -1.04. The summed E-state index contributed by atoms with van der Waals surface area (Å²) in [5.74, 6) is -0.456. The summed E-state index contributed by atoms with van der Waals surface area (Å²) in [6.07, 6.45) is -7.20. The Balaban J connectivity index is 2.96. The molecular weight excluding hydrogens is 185 g/mol. The second-order valence-corrected chi connectivity index (χ2v) is 2.78. The van der Waals surface area contributed by atoms with E-state index in [-0.39, 0.29) is 0 Å². The minimum absolute atomic E-state index is 0.456. The number of halogens is 3. The van der Waals surface area contributed by atoms with Gasteiger partial charge in [-0.1, -0.05) is 0 Å². The van der Waals surface area contributed by atoms with Crippen LogP contribution in [0.2, 0.25) is 0 Å². The number of H-pyrrole nitrogens is 1. The van der Waals surface area contributed by atoms with Crippen LogP contribution in [0.25, 0.3) is 0 Å². The van der Waals surface area contributed by atoms with Crippen molar-refractivity contribution < 1.29 is 18.3 Å². The lowest BCUT2D eigenvalue weighted by molar-refractivity contribution is -0.209. The molecule has 6 heteroatoms. The van der Waals surface area contributed by atoms with E-state index in [0.717, 1.165) is 0 Å². The average molecular weight is 194 g/mol. The molecule has 0 fully saturated rings. The van der Waals surface area contributed by atoms with Crippen molar-refractivity contribution in [3.8, 4) is 0 Å². The summed E-state index contributed by atoms with van der Waals surface area (Å²) in [6, 6.07) is 0. The molecule has 1 rings (SSSR count). The van der Waals surface area contributed by atoms with E-state index >= 15 is 0 Å². The first-order valence-electron chi connectivity index (χ1n) is 3.60. The maximum Gasteiger partial charge on any atom is 0.421 e. The molecule has 0 aliphatic rings. The van der Waals surface area contributed by atoms with Crippen LogP contribution in [-0.4, -0.2) is 21.3 Å². The molecule has 1 atom stereocenters. The lowest BCUT2D eigenvalue weighted by atomic mass is 10.3. The summed E-state index contributed by atoms with van der Waals surface area (Å²) in [5, 5.41) is 8.78. The number of nitrogens with zero attached hydrogens (tertiary/aromatic N) is 1. The van der Waals surface area contributed by atoms with Gasteiger partial charge in [-0.15, -0.1) is 0 Å². The molecule has 1 unspecified atom stereocenters. The number of aliphatic hydroxyl groups excluding tert-OH is 1. The SMILES string of the molecule is Cc1nc(C(O)C(F)(F)F)[nH]c1C. The number of hydrogen-bond acceptors (Lipinski definition) is 2. The first kappa shape index (κ1) is 10.0. The predicted molar refractivity (Wildman–Crippen MR) is 39.1 cm³/mol. The number of aryl methyl sites for hydroxylation is 2. The minimum atomic E-state index is -4.67. The summed E-state index contributed by atoms with van der Waals surface area (Å²) in [7, 11) is 0. The van der Waals surface area contributed by atoms with E-state index in [1.807, 2.05) is 0 Å². The molecule has 0 aromatic carbocycles. The summed E-state index contributed by atoms with van der Waals surface area (Å²) >= 11 is 0. The fourth-order valence-electron chi connectivity index (χ4n) is 0.860. The highest BCUT2D eigenvalue weighted by Gasteiger charge is 2.41. The van der Waals surface area contributed by atoms with Gasteiger partial charge in [-0.2, -0.15) is 13.2 Å². The second-order valence-electron chi connectivity index (χ2n) is 2.78. The Labute approximate surface area is 72.6 Å². The Bertz CT molecular complexity index is 286. The van der Waals surface area contributed by atoms with Crippen LogP contribution in [0.5, 0.6) is 0 Å². The second kappa shape index (κ2) is 3.02. The van der Waals surface area contributed by atoms with Gasteiger partial charge in [-0.05, 0) is 13.8 Å². The largest absolute Gasteiger partial charge is 0.421 e. The maximum atomic E-state index is 12.0. The van der Waals surface area contributed by atoms with Gasteiger partial charge in [-0.3, -0.25) is 0 Å². The summed E-state index contributed by atoms with van der Waals surface area (Å²) < 4.78 is 35.9. The van der Waals surface area contributed by atoms with E-state index < -0.39 is 18.1 Å². The van der Waals surface area contributed by atoms with Gasteiger partial charge in [-0.25, -0.2) is 4.98 Å². The fraction of sp³-hybridized carbons (Fsp3) is 0.571. The first-order valence-corrected chi connectivity index (χ1v) is 3.60. The summed E-state index contributed by atoms with van der Waals surface area (Å²) in [6.45, 7) is 3.16. The van der Waals surface area contributed by atoms with Crippen molar-refractivity contribution in [3.63, 3.8) is 0 Å². The van der Waals surface area contributed by atoms with Gasteiger partial charge in [0.2, 0.25) is 6.10 Å². The molecule has 1 heterocycles. The van der Waals surface area contributed by atoms with Crippen LogP contribution in [0.15, 0.2) is 0 Å². The number of aromatic amines is 1. The quantitative estimate of drug-likeness (QED) is 0.713. The normalized spacial score (nSPS) is 14.6. The summed E-state index contributed by atoms with van der Waals surface area (Å²) in [5.41, 5.74) is 0.983. The molecular formula is C7H9F3N2O. The zero-order chi connectivity index (χ0) is 10.2. The molecule has 0 aliphatic carbocycles. The topological polar surface area (TPSA) is 48.9 Å². The zero-order valence-electron chi connectivity index (χ0n) is 7.11. The van der Waals surface area contributed by atoms with Crippen LogP contribution < -0.4 is 0 Å². The van der Waals surface area contributed by atoms with E-state index in [1.54, 1.807) is 13.8 Å². The number of imidazole rings is 1. The molecule has 0 saturated carbocycles. The molecule has 1 aromatic rings. The van der Waals surface area contributed by atoms with Crippen LogP contribution in [0.3, 0.4) is 0 Å². The molecule has 1 aromatic heterocycles. The number of alkyl halides is 3. The number of hydrogen-bond donors (Lipinski definition) is 2. The minimum Gasteiger partial charge on any atom is -0.377 e. The molecule has 0 radical (unpaired) electrons. The zero-order valence-corrected chi connectivity index (χ0v) is 7.11. The van der Waals surface area contributed by atoms with Gasteiger partial charge in [0.25, 0.3) is 0 Å². The third-order valence-electron chi connectivity index (χ3n) is 1.72. The van der Waals surface area contributed by atoms with E-state index in [4.69, 9.17) is 5.11 Å². The lowest BCUT2D eigenvalue weighted by Crippen LogP contribution is -2.21. The average Bonchev–Trinajstić information content (AvgIpc) is 2.29. The molecule has 0 spiro atoms. The van der Waals surface area contributed by atoms with Crippen molar-refractivity contribution in [2.45, 2.75) is 26.1 Å². The molecule has 0 aliphatic heterocycles. The number of aliphatic hydroxyl groups is 1. The fourth-order valence-corrected chi connectivity index (χ4v) is 0.860. The van der Waals surface area contributed by atoms with Crippen molar-refractivity contribution >= 4 is 0 Å². The van der Waals surface area contributed by atoms with Crippen LogP contribution in [-0.2, 0) is 0 Å². The maximum absolute atomic E-state index is 12.0.